The molecule has 96 valence electrons. The molecule has 1 aliphatic rings. The molecule has 0 heterocycles. The van der Waals surface area contributed by atoms with Crippen LogP contribution in [-0.4, -0.2) is 9.46 Å². The van der Waals surface area contributed by atoms with Gasteiger partial charge in [0, 0.05) is 21.7 Å². The fourth-order valence-electron chi connectivity index (χ4n) is 2.48. The van der Waals surface area contributed by atoms with Crippen molar-refractivity contribution in [2.75, 3.05) is 5.73 Å². The highest BCUT2D eigenvalue weighted by Crippen LogP contribution is 2.25. The van der Waals surface area contributed by atoms with E-state index < -0.39 is 10.8 Å². The first kappa shape index (κ1) is 13.1. The van der Waals surface area contributed by atoms with Gasteiger partial charge in [-0.15, -0.1) is 0 Å². The lowest BCUT2D eigenvalue weighted by Crippen LogP contribution is -2.20. The third-order valence-corrected chi connectivity index (χ3v) is 5.33. The molecule has 3 nitrogen and oxygen atoms in total. The number of nitrogens with zero attached hydrogens (tertiary/aromatic N) is 1. The number of nitrogens with two attached hydrogens (primary N) is 1. The van der Waals surface area contributed by atoms with Crippen LogP contribution < -0.4 is 5.73 Å². The van der Waals surface area contributed by atoms with Crippen molar-refractivity contribution < 1.29 is 4.21 Å². The molecule has 1 aliphatic carbocycles. The number of anilines is 1. The average molecular weight is 262 g/mol. The topological polar surface area (TPSA) is 66.9 Å². The van der Waals surface area contributed by atoms with Crippen LogP contribution in [0, 0.1) is 11.3 Å². The average Bonchev–Trinajstić information content (AvgIpc) is 2.40. The molecule has 0 aromatic heterocycles. The predicted octanol–water partition coefficient (Wildman–Crippen LogP) is 2.72. The van der Waals surface area contributed by atoms with E-state index in [0.29, 0.717) is 22.3 Å². The van der Waals surface area contributed by atoms with Gasteiger partial charge in [-0.2, -0.15) is 5.26 Å². The van der Waals surface area contributed by atoms with Gasteiger partial charge in [0.25, 0.3) is 0 Å². The van der Waals surface area contributed by atoms with Crippen molar-refractivity contribution in [2.45, 2.75) is 43.1 Å². The zero-order chi connectivity index (χ0) is 13.0. The van der Waals surface area contributed by atoms with Crippen molar-refractivity contribution in [3.05, 3.63) is 29.3 Å². The maximum absolute atomic E-state index is 12.3. The SMILES string of the molecule is N#Cc1c(N)cccc1CS(=O)C1CCCCC1. The summed E-state index contributed by atoms with van der Waals surface area (Å²) in [5.41, 5.74) is 7.56. The fourth-order valence-corrected chi connectivity index (χ4v) is 4.12. The molecule has 0 saturated heterocycles. The highest BCUT2D eigenvalue weighted by molar-refractivity contribution is 7.84. The minimum Gasteiger partial charge on any atom is -0.398 e. The molecule has 1 fully saturated rings. The first-order valence-electron chi connectivity index (χ1n) is 6.37. The second-order valence-electron chi connectivity index (χ2n) is 4.78. The van der Waals surface area contributed by atoms with E-state index in [0.717, 1.165) is 18.4 Å². The van der Waals surface area contributed by atoms with Gasteiger partial charge in [0.2, 0.25) is 0 Å². The molecular weight excluding hydrogens is 244 g/mol. The van der Waals surface area contributed by atoms with Gasteiger partial charge >= 0.3 is 0 Å². The van der Waals surface area contributed by atoms with Gasteiger partial charge in [-0.25, -0.2) is 0 Å². The van der Waals surface area contributed by atoms with Gasteiger partial charge in [-0.05, 0) is 24.5 Å². The lowest BCUT2D eigenvalue weighted by atomic mass is 10.0. The van der Waals surface area contributed by atoms with Crippen LogP contribution in [0.15, 0.2) is 18.2 Å². The number of benzene rings is 1. The molecule has 0 spiro atoms. The smallest absolute Gasteiger partial charge is 0.102 e. The van der Waals surface area contributed by atoms with Crippen molar-refractivity contribution in [3.63, 3.8) is 0 Å². The number of hydrogen-bond acceptors (Lipinski definition) is 3. The summed E-state index contributed by atoms with van der Waals surface area (Å²) in [7, 11) is -0.884. The maximum Gasteiger partial charge on any atom is 0.102 e. The van der Waals surface area contributed by atoms with Gasteiger partial charge in [0.15, 0.2) is 0 Å². The summed E-state index contributed by atoms with van der Waals surface area (Å²) in [6, 6.07) is 7.51. The molecule has 18 heavy (non-hydrogen) atoms. The Bertz CT molecular complexity index is 487. The van der Waals surface area contributed by atoms with Gasteiger partial charge in [0.05, 0.1) is 11.3 Å². The highest BCUT2D eigenvalue weighted by atomic mass is 32.2. The molecule has 2 N–H and O–H groups in total. The van der Waals surface area contributed by atoms with E-state index in [1.54, 1.807) is 6.07 Å². The second kappa shape index (κ2) is 6.01. The Balaban J connectivity index is 2.12. The monoisotopic (exact) mass is 262 g/mol. The molecule has 1 aromatic rings. The quantitative estimate of drug-likeness (QED) is 0.852. The lowest BCUT2D eigenvalue weighted by Gasteiger charge is -2.21. The van der Waals surface area contributed by atoms with E-state index in [9.17, 15) is 4.21 Å². The largest absolute Gasteiger partial charge is 0.398 e. The normalized spacial score (nSPS) is 18.2. The molecule has 1 saturated carbocycles. The minimum atomic E-state index is -0.884. The van der Waals surface area contributed by atoms with Crippen LogP contribution >= 0.6 is 0 Å². The Morgan fingerprint density at radius 2 is 2.06 bits per heavy atom. The molecule has 4 heteroatoms. The Morgan fingerprint density at radius 1 is 1.33 bits per heavy atom. The van der Waals surface area contributed by atoms with Crippen molar-refractivity contribution in [1.29, 1.82) is 5.26 Å². The summed E-state index contributed by atoms with van der Waals surface area (Å²) < 4.78 is 12.3. The van der Waals surface area contributed by atoms with Crippen LogP contribution in [-0.2, 0) is 16.6 Å². The summed E-state index contributed by atoms with van der Waals surface area (Å²) >= 11 is 0. The zero-order valence-corrected chi connectivity index (χ0v) is 11.2. The van der Waals surface area contributed by atoms with Gasteiger partial charge in [-0.3, -0.25) is 4.21 Å². The summed E-state index contributed by atoms with van der Waals surface area (Å²) in [5.74, 6) is 0.457. The Kier molecular flexibility index (Phi) is 4.38. The first-order chi connectivity index (χ1) is 8.72. The summed E-state index contributed by atoms with van der Waals surface area (Å²) in [6.45, 7) is 0. The van der Waals surface area contributed by atoms with Gasteiger partial charge in [0.1, 0.15) is 6.07 Å². The van der Waals surface area contributed by atoms with Gasteiger partial charge in [-0.1, -0.05) is 31.4 Å². The molecule has 1 aromatic carbocycles. The van der Waals surface area contributed by atoms with Crippen molar-refractivity contribution in [2.24, 2.45) is 0 Å². The van der Waals surface area contributed by atoms with Crippen LogP contribution in [0.25, 0.3) is 0 Å². The molecule has 0 radical (unpaired) electrons. The molecule has 2 rings (SSSR count). The lowest BCUT2D eigenvalue weighted by molar-refractivity contribution is 0.504. The number of rotatable bonds is 3. The summed E-state index contributed by atoms with van der Waals surface area (Å²) in [6.07, 6.45) is 5.72. The van der Waals surface area contributed by atoms with Crippen LogP contribution in [0.5, 0.6) is 0 Å². The molecule has 1 atom stereocenters. The molecule has 1 unspecified atom stereocenters. The third-order valence-electron chi connectivity index (χ3n) is 3.52. The van der Waals surface area contributed by atoms with Crippen LogP contribution in [0.4, 0.5) is 5.69 Å². The molecular formula is C14H18N2OS. The Morgan fingerprint density at radius 3 is 2.72 bits per heavy atom. The van der Waals surface area contributed by atoms with Crippen molar-refractivity contribution in [3.8, 4) is 6.07 Å². The number of nitrogen functional groups attached to an aromatic ring is 1. The zero-order valence-electron chi connectivity index (χ0n) is 10.4. The summed E-state index contributed by atoms with van der Waals surface area (Å²) in [5, 5.41) is 9.39. The van der Waals surface area contributed by atoms with E-state index in [4.69, 9.17) is 11.0 Å². The van der Waals surface area contributed by atoms with E-state index in [1.807, 2.05) is 12.1 Å². The van der Waals surface area contributed by atoms with Gasteiger partial charge < -0.3 is 5.73 Å². The maximum atomic E-state index is 12.3. The highest BCUT2D eigenvalue weighted by Gasteiger charge is 2.21. The molecule has 0 amide bonds. The number of nitriles is 1. The Hall–Kier alpha value is -1.34. The van der Waals surface area contributed by atoms with E-state index >= 15 is 0 Å². The predicted molar refractivity (Wildman–Crippen MR) is 74.3 cm³/mol. The van der Waals surface area contributed by atoms with E-state index in [2.05, 4.69) is 6.07 Å². The minimum absolute atomic E-state index is 0.298. The number of hydrogen-bond donors (Lipinski definition) is 1. The van der Waals surface area contributed by atoms with Crippen LogP contribution in [0.1, 0.15) is 43.2 Å². The Labute approximate surface area is 110 Å². The third kappa shape index (κ3) is 2.91. The van der Waals surface area contributed by atoms with Crippen molar-refractivity contribution >= 4 is 16.5 Å². The van der Waals surface area contributed by atoms with Crippen molar-refractivity contribution in [1.82, 2.24) is 0 Å². The summed E-state index contributed by atoms with van der Waals surface area (Å²) in [4.78, 5) is 0. The standard InChI is InChI=1S/C14H18N2OS/c15-9-13-11(5-4-8-14(13)16)10-18(17)12-6-2-1-3-7-12/h4-5,8,12H,1-3,6-7,10,16H2. The molecule has 0 aliphatic heterocycles. The first-order valence-corrected chi connectivity index (χ1v) is 7.75. The second-order valence-corrected chi connectivity index (χ2v) is 6.50. The van der Waals surface area contributed by atoms with E-state index in [-0.39, 0.29) is 0 Å². The van der Waals surface area contributed by atoms with Crippen LogP contribution in [0.3, 0.4) is 0 Å². The van der Waals surface area contributed by atoms with Crippen LogP contribution in [0.2, 0.25) is 0 Å². The van der Waals surface area contributed by atoms with E-state index in [1.165, 1.54) is 19.3 Å². The fraction of sp³-hybridized carbons (Fsp3) is 0.500. The molecule has 0 bridgehead atoms.